The van der Waals surface area contributed by atoms with Gasteiger partial charge in [0.05, 0.1) is 11.9 Å². The Balaban J connectivity index is 2.65. The molecule has 1 rings (SSSR count). The number of hydrogen-bond donors (Lipinski definition) is 2. The summed E-state index contributed by atoms with van der Waals surface area (Å²) in [6.45, 7) is 0.452. The van der Waals surface area contributed by atoms with Gasteiger partial charge in [0.1, 0.15) is 4.47 Å². The number of nitrogens with zero attached hydrogens (tertiary/aromatic N) is 2. The van der Waals surface area contributed by atoms with E-state index < -0.39 is 0 Å². The number of amides is 1. The number of rotatable bonds is 4. The van der Waals surface area contributed by atoms with E-state index in [2.05, 4.69) is 31.7 Å². The largest absolute Gasteiger partial charge is 0.382 e. The predicted octanol–water partition coefficient (Wildman–Crippen LogP) is 0.0908. The van der Waals surface area contributed by atoms with E-state index in [1.807, 2.05) is 0 Å². The van der Waals surface area contributed by atoms with Gasteiger partial charge in [0, 0.05) is 27.1 Å². The average Bonchev–Trinajstić information content (AvgIpc) is 2.29. The van der Waals surface area contributed by atoms with Crippen LogP contribution >= 0.6 is 15.9 Å². The second-order valence-corrected chi connectivity index (χ2v) is 3.94. The van der Waals surface area contributed by atoms with Crippen molar-refractivity contribution in [3.8, 4) is 0 Å². The van der Waals surface area contributed by atoms with E-state index in [0.717, 1.165) is 0 Å². The summed E-state index contributed by atoms with van der Waals surface area (Å²) in [6, 6.07) is 0. The van der Waals surface area contributed by atoms with E-state index in [4.69, 9.17) is 0 Å². The first-order valence-corrected chi connectivity index (χ1v) is 5.52. The van der Waals surface area contributed by atoms with Gasteiger partial charge < -0.3 is 10.6 Å². The van der Waals surface area contributed by atoms with Crippen LogP contribution in [-0.2, 0) is 11.8 Å². The highest BCUT2D eigenvalue weighted by Gasteiger charge is 2.06. The third kappa shape index (κ3) is 3.06. The number of aryl methyl sites for hydroxylation is 1. The fourth-order valence-corrected chi connectivity index (χ4v) is 1.57. The minimum absolute atomic E-state index is 0.0552. The Kier molecular flexibility index (Phi) is 4.48. The molecule has 88 valence electrons. The zero-order valence-electron chi connectivity index (χ0n) is 9.08. The summed E-state index contributed by atoms with van der Waals surface area (Å²) in [6.07, 6.45) is 1.88. The van der Waals surface area contributed by atoms with Crippen LogP contribution in [0.15, 0.2) is 15.5 Å². The standard InChI is InChI=1S/C9H13BrN4O2/c1-11-7(15)3-4-12-6-5-13-14(2)9(16)8(6)10/h5,12H,3-4H2,1-2H3,(H,11,15). The topological polar surface area (TPSA) is 76.0 Å². The van der Waals surface area contributed by atoms with Crippen LogP contribution in [0.1, 0.15) is 6.42 Å². The van der Waals surface area contributed by atoms with Crippen molar-refractivity contribution >= 4 is 27.5 Å². The van der Waals surface area contributed by atoms with E-state index in [-0.39, 0.29) is 11.5 Å². The number of aromatic nitrogens is 2. The van der Waals surface area contributed by atoms with Crippen LogP contribution in [0.3, 0.4) is 0 Å². The molecule has 2 N–H and O–H groups in total. The number of nitrogens with one attached hydrogen (secondary N) is 2. The molecule has 16 heavy (non-hydrogen) atoms. The van der Waals surface area contributed by atoms with Crippen molar-refractivity contribution in [3.63, 3.8) is 0 Å². The van der Waals surface area contributed by atoms with Crippen LogP contribution < -0.4 is 16.2 Å². The summed E-state index contributed by atoms with van der Waals surface area (Å²) in [5, 5.41) is 9.35. The molecule has 0 atom stereocenters. The maximum atomic E-state index is 11.5. The van der Waals surface area contributed by atoms with Crippen LogP contribution in [0.4, 0.5) is 5.69 Å². The molecule has 0 spiro atoms. The average molecular weight is 289 g/mol. The van der Waals surface area contributed by atoms with Crippen molar-refractivity contribution in [2.45, 2.75) is 6.42 Å². The molecule has 0 aliphatic rings. The Morgan fingerprint density at radius 1 is 1.62 bits per heavy atom. The monoisotopic (exact) mass is 288 g/mol. The van der Waals surface area contributed by atoms with Crippen molar-refractivity contribution in [3.05, 3.63) is 21.0 Å². The van der Waals surface area contributed by atoms with Crippen molar-refractivity contribution in [2.75, 3.05) is 18.9 Å². The zero-order chi connectivity index (χ0) is 12.1. The highest BCUT2D eigenvalue weighted by molar-refractivity contribution is 9.10. The lowest BCUT2D eigenvalue weighted by molar-refractivity contribution is -0.120. The SMILES string of the molecule is CNC(=O)CCNc1cnn(C)c(=O)c1Br. The molecule has 0 aromatic carbocycles. The predicted molar refractivity (Wildman–Crippen MR) is 64.4 cm³/mol. The molecule has 0 aliphatic heterocycles. The normalized spacial score (nSPS) is 9.94. The molecule has 1 aromatic heterocycles. The molecule has 0 bridgehead atoms. The first kappa shape index (κ1) is 12.7. The van der Waals surface area contributed by atoms with Gasteiger partial charge in [-0.2, -0.15) is 5.10 Å². The summed E-state index contributed by atoms with van der Waals surface area (Å²) in [5.74, 6) is -0.0552. The second-order valence-electron chi connectivity index (χ2n) is 3.15. The molecule has 0 saturated heterocycles. The highest BCUT2D eigenvalue weighted by atomic mass is 79.9. The molecule has 0 fully saturated rings. The van der Waals surface area contributed by atoms with Crippen LogP contribution in [0.2, 0.25) is 0 Å². The van der Waals surface area contributed by atoms with Crippen LogP contribution in [-0.4, -0.2) is 29.3 Å². The van der Waals surface area contributed by atoms with Crippen molar-refractivity contribution in [1.29, 1.82) is 0 Å². The van der Waals surface area contributed by atoms with Gasteiger partial charge in [0.25, 0.3) is 5.56 Å². The smallest absolute Gasteiger partial charge is 0.282 e. The summed E-state index contributed by atoms with van der Waals surface area (Å²) >= 11 is 3.18. The van der Waals surface area contributed by atoms with Gasteiger partial charge in [-0.05, 0) is 15.9 Å². The van der Waals surface area contributed by atoms with Crippen molar-refractivity contribution < 1.29 is 4.79 Å². The van der Waals surface area contributed by atoms with E-state index >= 15 is 0 Å². The van der Waals surface area contributed by atoms with Gasteiger partial charge in [-0.25, -0.2) is 4.68 Å². The molecule has 0 unspecified atom stereocenters. The van der Waals surface area contributed by atoms with Crippen molar-refractivity contribution in [1.82, 2.24) is 15.1 Å². The molecule has 0 radical (unpaired) electrons. The quantitative estimate of drug-likeness (QED) is 0.823. The number of anilines is 1. The van der Waals surface area contributed by atoms with E-state index in [9.17, 15) is 9.59 Å². The molecule has 1 aromatic rings. The van der Waals surface area contributed by atoms with Gasteiger partial charge in [0.2, 0.25) is 5.91 Å². The molecule has 0 aliphatic carbocycles. The number of carbonyl (C=O) groups excluding carboxylic acids is 1. The highest BCUT2D eigenvalue weighted by Crippen LogP contribution is 2.15. The summed E-state index contributed by atoms with van der Waals surface area (Å²) in [5.41, 5.74) is 0.372. The third-order valence-electron chi connectivity index (χ3n) is 2.02. The van der Waals surface area contributed by atoms with E-state index in [1.54, 1.807) is 14.1 Å². The van der Waals surface area contributed by atoms with Gasteiger partial charge in [-0.3, -0.25) is 9.59 Å². The van der Waals surface area contributed by atoms with E-state index in [0.29, 0.717) is 23.1 Å². The Hall–Kier alpha value is -1.37. The Morgan fingerprint density at radius 2 is 2.31 bits per heavy atom. The van der Waals surface area contributed by atoms with E-state index in [1.165, 1.54) is 10.9 Å². The number of hydrogen-bond acceptors (Lipinski definition) is 4. The Bertz CT molecular complexity index is 444. The van der Waals surface area contributed by atoms with Gasteiger partial charge >= 0.3 is 0 Å². The first-order valence-electron chi connectivity index (χ1n) is 4.72. The zero-order valence-corrected chi connectivity index (χ0v) is 10.7. The Morgan fingerprint density at radius 3 is 2.94 bits per heavy atom. The summed E-state index contributed by atoms with van der Waals surface area (Å²) in [4.78, 5) is 22.4. The number of carbonyl (C=O) groups is 1. The molecular weight excluding hydrogens is 276 g/mol. The van der Waals surface area contributed by atoms with Crippen LogP contribution in [0.5, 0.6) is 0 Å². The minimum atomic E-state index is -0.218. The Labute approximate surface area is 101 Å². The van der Waals surface area contributed by atoms with Crippen molar-refractivity contribution in [2.24, 2.45) is 7.05 Å². The maximum absolute atomic E-state index is 11.5. The lowest BCUT2D eigenvalue weighted by Crippen LogP contribution is -2.23. The molecule has 6 nitrogen and oxygen atoms in total. The molecule has 1 heterocycles. The lowest BCUT2D eigenvalue weighted by Gasteiger charge is -2.07. The van der Waals surface area contributed by atoms with Gasteiger partial charge in [-0.15, -0.1) is 0 Å². The number of halogens is 1. The summed E-state index contributed by atoms with van der Waals surface area (Å²) in [7, 11) is 3.15. The molecular formula is C9H13BrN4O2. The van der Waals surface area contributed by atoms with Gasteiger partial charge in [-0.1, -0.05) is 0 Å². The van der Waals surface area contributed by atoms with Crippen LogP contribution in [0, 0.1) is 0 Å². The fourth-order valence-electron chi connectivity index (χ4n) is 1.07. The lowest BCUT2D eigenvalue weighted by atomic mass is 10.3. The summed E-state index contributed by atoms with van der Waals surface area (Å²) < 4.78 is 1.65. The van der Waals surface area contributed by atoms with Gasteiger partial charge in [0.15, 0.2) is 0 Å². The molecule has 7 heteroatoms. The second kappa shape index (κ2) is 5.64. The minimum Gasteiger partial charge on any atom is -0.382 e. The molecule has 0 saturated carbocycles. The fraction of sp³-hybridized carbons (Fsp3) is 0.444. The van der Waals surface area contributed by atoms with Crippen LogP contribution in [0.25, 0.3) is 0 Å². The molecule has 1 amide bonds. The first-order chi connectivity index (χ1) is 7.56. The maximum Gasteiger partial charge on any atom is 0.282 e. The third-order valence-corrected chi connectivity index (χ3v) is 2.79.